The highest BCUT2D eigenvalue weighted by molar-refractivity contribution is 6.23. The number of rotatable bonds is 2. The lowest BCUT2D eigenvalue weighted by Gasteiger charge is -2.37. The second-order valence-electron chi connectivity index (χ2n) is 2.66. The third-order valence-corrected chi connectivity index (χ3v) is 1.37. The fourth-order valence-corrected chi connectivity index (χ4v) is 0.807. The molecule has 4 heteroatoms. The summed E-state index contributed by atoms with van der Waals surface area (Å²) in [5, 5.41) is 2.51. The topological polar surface area (TPSA) is 55.4 Å². The Labute approximate surface area is 58.5 Å². The molecule has 56 valence electrons. The molecule has 0 bridgehead atoms. The second-order valence-corrected chi connectivity index (χ2v) is 2.66. The molecule has 0 unspecified atom stereocenters. The number of carbonyl (C=O) groups excluding carboxylic acids is 2. The lowest BCUT2D eigenvalue weighted by Crippen LogP contribution is -2.60. The highest BCUT2D eigenvalue weighted by Crippen LogP contribution is 2.14. The van der Waals surface area contributed by atoms with E-state index in [-0.39, 0.29) is 11.8 Å². The SMILES string of the molecule is CC1(NC(=O)C=O)COC1. The van der Waals surface area contributed by atoms with Crippen LogP contribution in [-0.2, 0) is 14.3 Å². The highest BCUT2D eigenvalue weighted by atomic mass is 16.5. The minimum Gasteiger partial charge on any atom is -0.376 e. The molecule has 1 saturated heterocycles. The average Bonchev–Trinajstić information content (AvgIpc) is 1.84. The summed E-state index contributed by atoms with van der Waals surface area (Å²) >= 11 is 0. The van der Waals surface area contributed by atoms with E-state index in [0.717, 1.165) is 0 Å². The predicted octanol–water partition coefficient (Wildman–Crippen LogP) is -0.910. The quantitative estimate of drug-likeness (QED) is 0.402. The number of nitrogens with one attached hydrogen (secondary N) is 1. The van der Waals surface area contributed by atoms with Crippen molar-refractivity contribution in [1.29, 1.82) is 0 Å². The Balaban J connectivity index is 2.36. The summed E-state index contributed by atoms with van der Waals surface area (Å²) < 4.78 is 4.85. The smallest absolute Gasteiger partial charge is 0.284 e. The van der Waals surface area contributed by atoms with Gasteiger partial charge in [0.1, 0.15) is 0 Å². The van der Waals surface area contributed by atoms with Crippen molar-refractivity contribution in [3.63, 3.8) is 0 Å². The van der Waals surface area contributed by atoms with Crippen LogP contribution in [0.4, 0.5) is 0 Å². The summed E-state index contributed by atoms with van der Waals surface area (Å²) in [5.41, 5.74) is -0.308. The zero-order valence-corrected chi connectivity index (χ0v) is 5.72. The molecule has 0 saturated carbocycles. The highest BCUT2D eigenvalue weighted by Gasteiger charge is 2.34. The molecule has 0 aromatic carbocycles. The predicted molar refractivity (Wildman–Crippen MR) is 33.4 cm³/mol. The zero-order chi connectivity index (χ0) is 7.61. The Kier molecular flexibility index (Phi) is 1.72. The molecule has 0 aromatic heterocycles. The number of hydrogen-bond acceptors (Lipinski definition) is 3. The molecule has 1 rings (SSSR count). The van der Waals surface area contributed by atoms with Crippen molar-refractivity contribution in [1.82, 2.24) is 5.32 Å². The second kappa shape index (κ2) is 2.38. The maximum absolute atomic E-state index is 10.5. The fourth-order valence-electron chi connectivity index (χ4n) is 0.807. The van der Waals surface area contributed by atoms with Crippen LogP contribution in [0, 0.1) is 0 Å². The average molecular weight is 143 g/mol. The molecule has 1 aliphatic rings. The molecule has 1 aliphatic heterocycles. The fraction of sp³-hybridized carbons (Fsp3) is 0.667. The van der Waals surface area contributed by atoms with Crippen LogP contribution in [0.15, 0.2) is 0 Å². The van der Waals surface area contributed by atoms with Gasteiger partial charge in [-0.05, 0) is 6.92 Å². The number of carbonyl (C=O) groups is 2. The van der Waals surface area contributed by atoms with E-state index >= 15 is 0 Å². The third-order valence-electron chi connectivity index (χ3n) is 1.37. The first-order valence-electron chi connectivity index (χ1n) is 3.01. The number of hydrogen-bond donors (Lipinski definition) is 1. The normalized spacial score (nSPS) is 20.9. The number of aldehydes is 1. The van der Waals surface area contributed by atoms with E-state index in [9.17, 15) is 9.59 Å². The Hall–Kier alpha value is -0.900. The van der Waals surface area contributed by atoms with Gasteiger partial charge in [0.05, 0.1) is 18.8 Å². The summed E-state index contributed by atoms with van der Waals surface area (Å²) in [6.45, 7) is 2.82. The Morgan fingerprint density at radius 3 is 2.60 bits per heavy atom. The van der Waals surface area contributed by atoms with Crippen molar-refractivity contribution in [2.24, 2.45) is 0 Å². The van der Waals surface area contributed by atoms with Crippen LogP contribution in [-0.4, -0.2) is 30.9 Å². The van der Waals surface area contributed by atoms with Crippen LogP contribution >= 0.6 is 0 Å². The van der Waals surface area contributed by atoms with Gasteiger partial charge >= 0.3 is 0 Å². The van der Waals surface area contributed by atoms with E-state index < -0.39 is 5.91 Å². The molecule has 1 amide bonds. The first-order valence-corrected chi connectivity index (χ1v) is 3.01. The Morgan fingerprint density at radius 1 is 1.70 bits per heavy atom. The van der Waals surface area contributed by atoms with Gasteiger partial charge in [-0.25, -0.2) is 0 Å². The van der Waals surface area contributed by atoms with Gasteiger partial charge in [-0.15, -0.1) is 0 Å². The maximum atomic E-state index is 10.5. The van der Waals surface area contributed by atoms with Gasteiger partial charge in [0.25, 0.3) is 5.91 Å². The van der Waals surface area contributed by atoms with Crippen molar-refractivity contribution in [2.45, 2.75) is 12.5 Å². The molecule has 1 N–H and O–H groups in total. The van der Waals surface area contributed by atoms with Crippen LogP contribution in [0.25, 0.3) is 0 Å². The molecule has 0 aromatic rings. The molecular weight excluding hydrogens is 134 g/mol. The van der Waals surface area contributed by atoms with Gasteiger partial charge in [-0.1, -0.05) is 0 Å². The summed E-state index contributed by atoms with van der Waals surface area (Å²) in [4.78, 5) is 20.4. The van der Waals surface area contributed by atoms with Crippen LogP contribution < -0.4 is 5.32 Å². The Bertz CT molecular complexity index is 162. The molecule has 0 aliphatic carbocycles. The summed E-state index contributed by atoms with van der Waals surface area (Å²) in [6, 6.07) is 0. The maximum Gasteiger partial charge on any atom is 0.284 e. The van der Waals surface area contributed by atoms with Gasteiger partial charge in [0.15, 0.2) is 0 Å². The van der Waals surface area contributed by atoms with E-state index in [1.807, 2.05) is 6.92 Å². The largest absolute Gasteiger partial charge is 0.376 e. The first-order chi connectivity index (χ1) is 4.66. The van der Waals surface area contributed by atoms with Gasteiger partial charge in [0, 0.05) is 0 Å². The van der Waals surface area contributed by atoms with Crippen molar-refractivity contribution in [3.8, 4) is 0 Å². The zero-order valence-electron chi connectivity index (χ0n) is 5.72. The minimum absolute atomic E-state index is 0.267. The van der Waals surface area contributed by atoms with Crippen molar-refractivity contribution < 1.29 is 14.3 Å². The molecule has 1 heterocycles. The number of amides is 1. The van der Waals surface area contributed by atoms with Crippen LogP contribution in [0.5, 0.6) is 0 Å². The molecule has 4 nitrogen and oxygen atoms in total. The first kappa shape index (κ1) is 7.21. The van der Waals surface area contributed by atoms with Crippen molar-refractivity contribution in [3.05, 3.63) is 0 Å². The molecule has 0 spiro atoms. The van der Waals surface area contributed by atoms with E-state index in [4.69, 9.17) is 4.74 Å². The molecule has 10 heavy (non-hydrogen) atoms. The summed E-state index contributed by atoms with van der Waals surface area (Å²) in [5.74, 6) is -0.578. The molecule has 1 fully saturated rings. The summed E-state index contributed by atoms with van der Waals surface area (Å²) in [7, 11) is 0. The van der Waals surface area contributed by atoms with Gasteiger partial charge in [-0.2, -0.15) is 0 Å². The number of ether oxygens (including phenoxy) is 1. The standard InChI is InChI=1S/C6H9NO3/c1-6(3-10-4-6)7-5(9)2-8/h2H,3-4H2,1H3,(H,7,9). The molecule has 0 radical (unpaired) electrons. The van der Waals surface area contributed by atoms with Gasteiger partial charge in [0.2, 0.25) is 6.29 Å². The van der Waals surface area contributed by atoms with E-state index in [0.29, 0.717) is 13.2 Å². The van der Waals surface area contributed by atoms with E-state index in [1.165, 1.54) is 0 Å². The van der Waals surface area contributed by atoms with Crippen LogP contribution in [0.3, 0.4) is 0 Å². The minimum atomic E-state index is -0.578. The van der Waals surface area contributed by atoms with Crippen LogP contribution in [0.2, 0.25) is 0 Å². The van der Waals surface area contributed by atoms with Gasteiger partial charge in [-0.3, -0.25) is 9.59 Å². The lowest BCUT2D eigenvalue weighted by molar-refractivity contribution is -0.138. The lowest BCUT2D eigenvalue weighted by atomic mass is 10.0. The van der Waals surface area contributed by atoms with Crippen molar-refractivity contribution >= 4 is 12.2 Å². The monoisotopic (exact) mass is 143 g/mol. The molecular formula is C6H9NO3. The molecule has 0 atom stereocenters. The Morgan fingerprint density at radius 2 is 2.30 bits per heavy atom. The van der Waals surface area contributed by atoms with Crippen molar-refractivity contribution in [2.75, 3.05) is 13.2 Å². The third kappa shape index (κ3) is 1.33. The van der Waals surface area contributed by atoms with E-state index in [1.54, 1.807) is 0 Å². The summed E-state index contributed by atoms with van der Waals surface area (Å²) in [6.07, 6.45) is 0.267. The van der Waals surface area contributed by atoms with Gasteiger partial charge < -0.3 is 10.1 Å². The van der Waals surface area contributed by atoms with Crippen LogP contribution in [0.1, 0.15) is 6.92 Å². The van der Waals surface area contributed by atoms with E-state index in [2.05, 4.69) is 5.32 Å².